The molecule has 2 rings (SSSR count). The lowest BCUT2D eigenvalue weighted by molar-refractivity contribution is -0.148. The van der Waals surface area contributed by atoms with Gasteiger partial charge in [0.15, 0.2) is 0 Å². The lowest BCUT2D eigenvalue weighted by atomic mass is 10.0. The molecule has 2 aliphatic rings. The van der Waals surface area contributed by atoms with Crippen LogP contribution in [0.3, 0.4) is 0 Å². The number of nitrogens with zero attached hydrogens (tertiary/aromatic N) is 2. The van der Waals surface area contributed by atoms with Crippen molar-refractivity contribution in [2.24, 2.45) is 0 Å². The molecule has 0 aromatic rings. The van der Waals surface area contributed by atoms with Crippen molar-refractivity contribution in [1.29, 1.82) is 0 Å². The normalized spacial score (nSPS) is 24.9. The van der Waals surface area contributed by atoms with Crippen LogP contribution in [-0.4, -0.2) is 53.8 Å². The number of unbranched alkanes of at least 4 members (excludes halogenated alkanes) is 1. The lowest BCUT2D eigenvalue weighted by Gasteiger charge is -2.28. The van der Waals surface area contributed by atoms with Crippen molar-refractivity contribution in [3.05, 3.63) is 12.7 Å². The highest BCUT2D eigenvalue weighted by Crippen LogP contribution is 2.30. The Morgan fingerprint density at radius 1 is 1.50 bits per heavy atom. The highest BCUT2D eigenvalue weighted by molar-refractivity contribution is 5.85. The number of hydroxylamine groups is 2. The number of amides is 2. The Balaban J connectivity index is 1.94. The van der Waals surface area contributed by atoms with Crippen LogP contribution in [-0.2, 0) is 14.4 Å². The minimum absolute atomic E-state index is 0.0582. The molecule has 2 atom stereocenters. The number of carbonyl (C=O) groups is 2. The van der Waals surface area contributed by atoms with E-state index in [0.717, 1.165) is 19.3 Å². The summed E-state index contributed by atoms with van der Waals surface area (Å²) in [4.78, 5) is 31.3. The molecule has 2 amide bonds. The minimum atomic E-state index is -0.488. The zero-order chi connectivity index (χ0) is 14.5. The van der Waals surface area contributed by atoms with Gasteiger partial charge in [-0.05, 0) is 19.3 Å². The third-order valence-corrected chi connectivity index (χ3v) is 3.67. The molecule has 0 spiro atoms. The summed E-state index contributed by atoms with van der Waals surface area (Å²) in [5.74, 6) is -0.355. The first-order valence-corrected chi connectivity index (χ1v) is 7.19. The van der Waals surface area contributed by atoms with Crippen LogP contribution >= 0.6 is 0 Å². The van der Waals surface area contributed by atoms with Gasteiger partial charge in [0.25, 0.3) is 0 Å². The number of urea groups is 1. The van der Waals surface area contributed by atoms with Crippen molar-refractivity contribution in [3.8, 4) is 0 Å². The van der Waals surface area contributed by atoms with E-state index >= 15 is 0 Å². The van der Waals surface area contributed by atoms with Gasteiger partial charge in [-0.2, -0.15) is 5.06 Å². The summed E-state index contributed by atoms with van der Waals surface area (Å²) in [6.45, 7) is 6.84. The van der Waals surface area contributed by atoms with Crippen molar-refractivity contribution < 1.29 is 19.2 Å². The first-order valence-electron chi connectivity index (χ1n) is 7.19. The van der Waals surface area contributed by atoms with E-state index in [1.807, 2.05) is 0 Å². The van der Waals surface area contributed by atoms with Crippen LogP contribution < -0.4 is 0 Å². The van der Waals surface area contributed by atoms with Crippen molar-refractivity contribution in [1.82, 2.24) is 9.96 Å². The van der Waals surface area contributed by atoms with E-state index in [-0.39, 0.29) is 24.6 Å². The summed E-state index contributed by atoms with van der Waals surface area (Å²) in [7, 11) is 0. The molecule has 2 aliphatic heterocycles. The summed E-state index contributed by atoms with van der Waals surface area (Å²) in [6, 6.07) is -0.648. The third kappa shape index (κ3) is 2.95. The second-order valence-electron chi connectivity index (χ2n) is 5.11. The molecule has 0 aromatic heterocycles. The molecule has 6 heteroatoms. The smallest absolute Gasteiger partial charge is 0.345 e. The molecule has 2 bridgehead atoms. The van der Waals surface area contributed by atoms with Crippen LogP contribution in [0.15, 0.2) is 12.7 Å². The molecule has 0 radical (unpaired) electrons. The fourth-order valence-corrected chi connectivity index (χ4v) is 2.59. The number of hydrogen-bond acceptors (Lipinski definition) is 4. The predicted octanol–water partition coefficient (Wildman–Crippen LogP) is 1.72. The number of fused-ring (bicyclic) bond motifs is 2. The molecule has 112 valence electrons. The third-order valence-electron chi connectivity index (χ3n) is 3.67. The van der Waals surface area contributed by atoms with Gasteiger partial charge in [-0.3, -0.25) is 4.84 Å². The van der Waals surface area contributed by atoms with Crippen LogP contribution in [0, 0.1) is 0 Å². The van der Waals surface area contributed by atoms with Gasteiger partial charge in [0.2, 0.25) is 0 Å². The number of piperidine rings is 1. The summed E-state index contributed by atoms with van der Waals surface area (Å²) in [5, 5.41) is 1.44. The lowest BCUT2D eigenvalue weighted by Crippen LogP contribution is -2.45. The van der Waals surface area contributed by atoms with Gasteiger partial charge in [-0.15, -0.1) is 0 Å². The Bertz CT molecular complexity index is 385. The van der Waals surface area contributed by atoms with Crippen LogP contribution in [0.5, 0.6) is 0 Å². The van der Waals surface area contributed by atoms with Crippen LogP contribution in [0.1, 0.15) is 32.6 Å². The number of ether oxygens (including phenoxy) is 1. The molecule has 0 aromatic carbocycles. The second kappa shape index (κ2) is 6.74. The summed E-state index contributed by atoms with van der Waals surface area (Å²) in [5.41, 5.74) is 0. The maximum atomic E-state index is 12.3. The molecule has 0 aliphatic carbocycles. The quantitative estimate of drug-likeness (QED) is 0.405. The Labute approximate surface area is 119 Å². The highest BCUT2D eigenvalue weighted by atomic mass is 16.7. The van der Waals surface area contributed by atoms with E-state index in [2.05, 4.69) is 13.5 Å². The molecule has 0 unspecified atom stereocenters. The van der Waals surface area contributed by atoms with Crippen LogP contribution in [0.25, 0.3) is 0 Å². The molecular weight excluding hydrogens is 260 g/mol. The van der Waals surface area contributed by atoms with Gasteiger partial charge in [-0.25, -0.2) is 9.59 Å². The van der Waals surface area contributed by atoms with Gasteiger partial charge in [0.05, 0.1) is 12.6 Å². The van der Waals surface area contributed by atoms with Crippen LogP contribution in [0.4, 0.5) is 4.79 Å². The van der Waals surface area contributed by atoms with Gasteiger partial charge in [0, 0.05) is 6.54 Å². The minimum Gasteiger partial charge on any atom is -0.460 e. The van der Waals surface area contributed by atoms with Crippen molar-refractivity contribution in [3.63, 3.8) is 0 Å². The molecule has 20 heavy (non-hydrogen) atoms. The maximum absolute atomic E-state index is 12.3. The Morgan fingerprint density at radius 2 is 2.30 bits per heavy atom. The first-order chi connectivity index (χ1) is 9.69. The highest BCUT2D eigenvalue weighted by Gasteiger charge is 2.48. The van der Waals surface area contributed by atoms with Crippen molar-refractivity contribution in [2.45, 2.75) is 44.7 Å². The van der Waals surface area contributed by atoms with Gasteiger partial charge < -0.3 is 9.64 Å². The molecular formula is C14H22N2O4. The monoisotopic (exact) mass is 282 g/mol. The van der Waals surface area contributed by atoms with E-state index < -0.39 is 6.04 Å². The summed E-state index contributed by atoms with van der Waals surface area (Å²) >= 11 is 0. The largest absolute Gasteiger partial charge is 0.460 e. The van der Waals surface area contributed by atoms with Gasteiger partial charge in [0.1, 0.15) is 12.6 Å². The summed E-state index contributed by atoms with van der Waals surface area (Å²) < 4.78 is 5.05. The second-order valence-corrected chi connectivity index (χ2v) is 5.11. The zero-order valence-corrected chi connectivity index (χ0v) is 11.9. The molecule has 0 N–H and O–H groups in total. The molecule has 6 nitrogen and oxygen atoms in total. The summed E-state index contributed by atoms with van der Waals surface area (Å²) in [6.07, 6.45) is 4.85. The van der Waals surface area contributed by atoms with E-state index in [1.165, 1.54) is 11.1 Å². The molecule has 2 fully saturated rings. The maximum Gasteiger partial charge on any atom is 0.345 e. The Morgan fingerprint density at radius 3 is 3.00 bits per heavy atom. The van der Waals surface area contributed by atoms with Crippen molar-refractivity contribution >= 4 is 12.0 Å². The number of hydrogen-bond donors (Lipinski definition) is 0. The van der Waals surface area contributed by atoms with Crippen molar-refractivity contribution in [2.75, 3.05) is 19.8 Å². The number of carbonyl (C=O) groups excluding carboxylic acids is 2. The Hall–Kier alpha value is -1.56. The number of rotatable bonds is 7. The van der Waals surface area contributed by atoms with Crippen LogP contribution in [0.2, 0.25) is 0 Å². The van der Waals surface area contributed by atoms with E-state index in [1.54, 1.807) is 4.90 Å². The van der Waals surface area contributed by atoms with E-state index in [4.69, 9.17) is 9.57 Å². The number of esters is 1. The molecule has 0 saturated carbocycles. The predicted molar refractivity (Wildman–Crippen MR) is 72.8 cm³/mol. The SMILES string of the molecule is C=CCOC(=O)[C@@H]1CC[C@@H]2CN1C(=O)N2OCCCC. The average Bonchev–Trinajstić information content (AvgIpc) is 2.70. The van der Waals surface area contributed by atoms with Gasteiger partial charge in [-0.1, -0.05) is 26.0 Å². The fraction of sp³-hybridized carbons (Fsp3) is 0.714. The molecule has 2 heterocycles. The zero-order valence-electron chi connectivity index (χ0n) is 11.9. The Kier molecular flexibility index (Phi) is 5.00. The first kappa shape index (κ1) is 14.8. The standard InChI is InChI=1S/C14H22N2O4/c1-3-5-9-20-16-11-6-7-12(13(17)19-8-4-2)15(10-11)14(16)18/h4,11-12H,2-3,5-10H2,1H3/t11-,12+/m1/s1. The van der Waals surface area contributed by atoms with E-state index in [9.17, 15) is 9.59 Å². The van der Waals surface area contributed by atoms with E-state index in [0.29, 0.717) is 19.6 Å². The topological polar surface area (TPSA) is 59.1 Å². The molecule has 2 saturated heterocycles. The fourth-order valence-electron chi connectivity index (χ4n) is 2.59. The average molecular weight is 282 g/mol. The van der Waals surface area contributed by atoms with Gasteiger partial charge >= 0.3 is 12.0 Å².